The van der Waals surface area contributed by atoms with Crippen LogP contribution in [0.15, 0.2) is 0 Å². The van der Waals surface area contributed by atoms with Crippen molar-refractivity contribution in [3.05, 3.63) is 0 Å². The molecule has 0 radical (unpaired) electrons. The third-order valence-electron chi connectivity index (χ3n) is 2.60. The molecule has 0 saturated carbocycles. The number of rotatable bonds is 6. The third-order valence-corrected chi connectivity index (χ3v) is 2.60. The van der Waals surface area contributed by atoms with Crippen molar-refractivity contribution in [2.24, 2.45) is 0 Å². The number of carbonyl (C=O) groups is 2. The van der Waals surface area contributed by atoms with Gasteiger partial charge in [0.15, 0.2) is 5.79 Å². The highest BCUT2D eigenvalue weighted by Crippen LogP contribution is 2.28. The molecule has 0 aromatic heterocycles. The van der Waals surface area contributed by atoms with E-state index in [1.54, 1.807) is 0 Å². The first-order valence-electron chi connectivity index (χ1n) is 6.48. The smallest absolute Gasteiger partial charge is 0.303 e. The molecule has 1 rings (SSSR count). The largest absolute Gasteiger partial charge is 0.481 e. The number of aliphatic carboxylic acids is 2. The lowest BCUT2D eigenvalue weighted by Gasteiger charge is -2.22. The molecule has 2 atom stereocenters. The van der Waals surface area contributed by atoms with E-state index in [4.69, 9.17) is 24.5 Å². The predicted octanol–water partition coefficient (Wildman–Crippen LogP) is 2.26. The van der Waals surface area contributed by atoms with Gasteiger partial charge in [0.25, 0.3) is 5.97 Å². The van der Waals surface area contributed by atoms with Crippen LogP contribution in [0.5, 0.6) is 0 Å². The Morgan fingerprint density at radius 2 is 1.84 bits per heavy atom. The lowest BCUT2D eigenvalue weighted by Crippen LogP contribution is -2.26. The monoisotopic (exact) mass is 276 g/mol. The Morgan fingerprint density at radius 1 is 1.26 bits per heavy atom. The number of ether oxygens (including phenoxy) is 2. The van der Waals surface area contributed by atoms with Crippen LogP contribution in [0.2, 0.25) is 0 Å². The molecular weight excluding hydrogens is 252 g/mol. The normalized spacial score (nSPS) is 25.5. The molecule has 112 valence electrons. The van der Waals surface area contributed by atoms with Crippen molar-refractivity contribution in [2.75, 3.05) is 6.61 Å². The Kier molecular flexibility index (Phi) is 8.34. The van der Waals surface area contributed by atoms with Crippen molar-refractivity contribution in [2.45, 2.75) is 64.8 Å². The topological polar surface area (TPSA) is 93.1 Å². The van der Waals surface area contributed by atoms with Gasteiger partial charge in [-0.15, -0.1) is 0 Å². The van der Waals surface area contributed by atoms with E-state index < -0.39 is 17.7 Å². The highest BCUT2D eigenvalue weighted by atomic mass is 16.7. The van der Waals surface area contributed by atoms with Crippen LogP contribution in [0.1, 0.15) is 52.9 Å². The van der Waals surface area contributed by atoms with Gasteiger partial charge >= 0.3 is 5.97 Å². The molecule has 0 aromatic rings. The van der Waals surface area contributed by atoms with Crippen LogP contribution in [0.4, 0.5) is 0 Å². The molecule has 0 aromatic carbocycles. The minimum atomic E-state index is -0.833. The van der Waals surface area contributed by atoms with E-state index in [0.717, 1.165) is 32.6 Å². The second kappa shape index (κ2) is 8.87. The summed E-state index contributed by atoms with van der Waals surface area (Å²) in [4.78, 5) is 19.3. The molecule has 1 fully saturated rings. The fraction of sp³-hybridized carbons (Fsp3) is 0.846. The molecule has 2 unspecified atom stereocenters. The van der Waals surface area contributed by atoms with E-state index in [-0.39, 0.29) is 12.5 Å². The lowest BCUT2D eigenvalue weighted by atomic mass is 10.1. The number of hydrogen-bond donors (Lipinski definition) is 2. The minimum Gasteiger partial charge on any atom is -0.481 e. The van der Waals surface area contributed by atoms with Crippen LogP contribution in [0.25, 0.3) is 0 Å². The van der Waals surface area contributed by atoms with Crippen molar-refractivity contribution in [1.82, 2.24) is 0 Å². The first-order valence-corrected chi connectivity index (χ1v) is 6.48. The van der Waals surface area contributed by atoms with Crippen molar-refractivity contribution in [3.63, 3.8) is 0 Å². The van der Waals surface area contributed by atoms with Gasteiger partial charge in [0, 0.05) is 19.8 Å². The maximum absolute atomic E-state index is 10.3. The molecule has 2 N–H and O–H groups in total. The average molecular weight is 276 g/mol. The van der Waals surface area contributed by atoms with E-state index in [1.165, 1.54) is 0 Å². The van der Waals surface area contributed by atoms with Crippen LogP contribution in [-0.4, -0.2) is 40.6 Å². The minimum absolute atomic E-state index is 0.175. The summed E-state index contributed by atoms with van der Waals surface area (Å²) in [7, 11) is 0. The fourth-order valence-electron chi connectivity index (χ4n) is 1.82. The summed E-state index contributed by atoms with van der Waals surface area (Å²) in [5, 5.41) is 15.9. The maximum Gasteiger partial charge on any atom is 0.303 e. The number of unbranched alkanes of at least 4 members (excludes halogenated alkanes) is 2. The van der Waals surface area contributed by atoms with Gasteiger partial charge in [-0.1, -0.05) is 6.42 Å². The van der Waals surface area contributed by atoms with Gasteiger partial charge in [-0.25, -0.2) is 0 Å². The molecule has 6 heteroatoms. The number of carboxylic acids is 2. The maximum atomic E-state index is 10.3. The number of carboxylic acid groups (broad SMARTS) is 2. The predicted molar refractivity (Wildman–Crippen MR) is 68.9 cm³/mol. The fourth-order valence-corrected chi connectivity index (χ4v) is 1.82. The van der Waals surface area contributed by atoms with E-state index in [2.05, 4.69) is 0 Å². The Hall–Kier alpha value is -1.14. The van der Waals surface area contributed by atoms with Gasteiger partial charge in [0.1, 0.15) is 0 Å². The Morgan fingerprint density at radius 3 is 2.26 bits per heavy atom. The van der Waals surface area contributed by atoms with Crippen LogP contribution in [0.3, 0.4) is 0 Å². The van der Waals surface area contributed by atoms with Gasteiger partial charge in [0.05, 0.1) is 12.7 Å². The summed E-state index contributed by atoms with van der Waals surface area (Å²) in [6.07, 6.45) is 3.89. The van der Waals surface area contributed by atoms with Gasteiger partial charge in [-0.05, 0) is 26.7 Å². The molecule has 1 aliphatic heterocycles. The van der Waals surface area contributed by atoms with Crippen molar-refractivity contribution in [1.29, 1.82) is 0 Å². The zero-order valence-corrected chi connectivity index (χ0v) is 11.8. The third kappa shape index (κ3) is 10.5. The van der Waals surface area contributed by atoms with Gasteiger partial charge in [-0.3, -0.25) is 9.59 Å². The molecule has 6 nitrogen and oxygen atoms in total. The van der Waals surface area contributed by atoms with Crippen molar-refractivity contribution >= 4 is 11.9 Å². The lowest BCUT2D eigenvalue weighted by molar-refractivity contribution is -0.157. The molecule has 1 heterocycles. The van der Waals surface area contributed by atoms with Crippen molar-refractivity contribution < 1.29 is 29.3 Å². The SMILES string of the molecule is CC(=O)O.CC1COC(C)(CCCCCC(=O)O)O1. The quantitative estimate of drug-likeness (QED) is 0.723. The summed E-state index contributed by atoms with van der Waals surface area (Å²) in [5.74, 6) is -1.99. The van der Waals surface area contributed by atoms with Crippen LogP contribution >= 0.6 is 0 Å². The van der Waals surface area contributed by atoms with E-state index in [1.807, 2.05) is 13.8 Å². The molecule has 1 aliphatic rings. The zero-order valence-electron chi connectivity index (χ0n) is 11.8. The standard InChI is InChI=1S/C11H20O4.C2H4O2/c1-9-8-14-11(2,15-9)7-5-3-4-6-10(12)13;1-2(3)4/h9H,3-8H2,1-2H3,(H,12,13);1H3,(H,3,4). The molecule has 0 spiro atoms. The Balaban J connectivity index is 0.000000711. The van der Waals surface area contributed by atoms with E-state index in [0.29, 0.717) is 6.61 Å². The highest BCUT2D eigenvalue weighted by molar-refractivity contribution is 5.66. The second-order valence-electron chi connectivity index (χ2n) is 4.85. The van der Waals surface area contributed by atoms with Crippen LogP contribution in [-0.2, 0) is 19.1 Å². The number of hydrogen-bond acceptors (Lipinski definition) is 4. The molecule has 0 bridgehead atoms. The zero-order chi connectivity index (χ0) is 14.9. The van der Waals surface area contributed by atoms with Crippen LogP contribution < -0.4 is 0 Å². The first kappa shape index (κ1) is 17.9. The van der Waals surface area contributed by atoms with Gasteiger partial charge in [-0.2, -0.15) is 0 Å². The summed E-state index contributed by atoms with van der Waals surface area (Å²) < 4.78 is 11.2. The highest BCUT2D eigenvalue weighted by Gasteiger charge is 2.34. The second-order valence-corrected chi connectivity index (χ2v) is 4.85. The summed E-state index contributed by atoms with van der Waals surface area (Å²) in [6, 6.07) is 0. The Bertz CT molecular complexity index is 287. The van der Waals surface area contributed by atoms with Gasteiger partial charge in [0.2, 0.25) is 0 Å². The molecule has 0 aliphatic carbocycles. The molecule has 19 heavy (non-hydrogen) atoms. The van der Waals surface area contributed by atoms with E-state index >= 15 is 0 Å². The van der Waals surface area contributed by atoms with Crippen molar-refractivity contribution in [3.8, 4) is 0 Å². The molecular formula is C13H24O6. The van der Waals surface area contributed by atoms with Gasteiger partial charge < -0.3 is 19.7 Å². The Labute approximate surface area is 113 Å². The summed E-state index contributed by atoms with van der Waals surface area (Å²) >= 11 is 0. The molecule has 1 saturated heterocycles. The summed E-state index contributed by atoms with van der Waals surface area (Å²) in [6.45, 7) is 5.69. The summed E-state index contributed by atoms with van der Waals surface area (Å²) in [5.41, 5.74) is 0. The first-order chi connectivity index (χ1) is 8.75. The molecule has 0 amide bonds. The van der Waals surface area contributed by atoms with E-state index in [9.17, 15) is 4.79 Å². The average Bonchev–Trinajstić information content (AvgIpc) is 2.57. The van der Waals surface area contributed by atoms with Crippen LogP contribution in [0, 0.1) is 0 Å².